The molecule has 3 rings (SSSR count). The number of hydrogen-bond acceptors (Lipinski definition) is 8. The third-order valence-electron chi connectivity index (χ3n) is 6.27. The number of carbonyl (C=O) groups excluding carboxylic acids is 4. The van der Waals surface area contributed by atoms with Gasteiger partial charge in [0.1, 0.15) is 13.2 Å². The van der Waals surface area contributed by atoms with Crippen molar-refractivity contribution in [2.45, 2.75) is 45.3 Å². The lowest BCUT2D eigenvalue weighted by Gasteiger charge is -2.44. The molecule has 1 aliphatic rings. The Kier molecular flexibility index (Phi) is 10.4. The minimum Gasteiger partial charge on any atom is -0.444 e. The van der Waals surface area contributed by atoms with Gasteiger partial charge in [-0.05, 0) is 24.0 Å². The average molecular weight is 573 g/mol. The molecule has 0 aliphatic carbocycles. The number of nitrogens with zero attached hydrogens (tertiary/aromatic N) is 3. The Morgan fingerprint density at radius 2 is 1.52 bits per heavy atom. The Hall–Kier alpha value is -4.26. The zero-order valence-corrected chi connectivity index (χ0v) is 23.1. The number of guanidine groups is 1. The van der Waals surface area contributed by atoms with Crippen molar-refractivity contribution in [2.24, 2.45) is 16.6 Å². The first-order chi connectivity index (χ1) is 19.0. The number of rotatable bonds is 10. The zero-order chi connectivity index (χ0) is 29.3. The monoisotopic (exact) mass is 572 g/mol. The van der Waals surface area contributed by atoms with Crippen molar-refractivity contribution in [3.05, 3.63) is 71.8 Å². The van der Waals surface area contributed by atoms with E-state index >= 15 is 0 Å². The van der Waals surface area contributed by atoms with Gasteiger partial charge in [0.15, 0.2) is 15.2 Å². The van der Waals surface area contributed by atoms with Gasteiger partial charge in [-0.15, -0.1) is 4.99 Å². The molecule has 0 aromatic heterocycles. The van der Waals surface area contributed by atoms with E-state index in [1.54, 1.807) is 48.5 Å². The van der Waals surface area contributed by atoms with Gasteiger partial charge in [0, 0.05) is 19.2 Å². The molecule has 0 saturated carbocycles. The van der Waals surface area contributed by atoms with Crippen LogP contribution in [0.1, 0.15) is 37.8 Å². The average Bonchev–Trinajstić information content (AvgIpc) is 2.94. The standard InChI is InChI=1S/C27H32N4O8S/c1-3-40(36,37)24-22(23(33)31(24)19(2)32)15-10-16-30(27(35)39-18-21-13-8-5-9-14-21)25(28)29-26(34)38-17-20-11-6-4-7-12-20/h4-9,11-14,22,24H,3,10,15-18H2,1-2H3,(H2,28,29,34)/t22-,24+/m1/s1. The second-order valence-corrected chi connectivity index (χ2v) is 11.4. The number of likely N-dealkylation sites (tertiary alicyclic amines) is 1. The Labute approximate surface area is 232 Å². The summed E-state index contributed by atoms with van der Waals surface area (Å²) in [5, 5.41) is -1.26. The highest BCUT2D eigenvalue weighted by atomic mass is 32.2. The van der Waals surface area contributed by atoms with Crippen molar-refractivity contribution in [3.8, 4) is 0 Å². The first kappa shape index (κ1) is 30.3. The molecule has 4 amide bonds. The second-order valence-electron chi connectivity index (χ2n) is 9.02. The van der Waals surface area contributed by atoms with E-state index in [9.17, 15) is 27.6 Å². The van der Waals surface area contributed by atoms with Crippen LogP contribution in [-0.4, -0.2) is 65.8 Å². The number of aliphatic imine (C=N–C) groups is 1. The molecule has 0 unspecified atom stereocenters. The first-order valence-corrected chi connectivity index (χ1v) is 14.3. The molecule has 12 nitrogen and oxygen atoms in total. The van der Waals surface area contributed by atoms with Crippen LogP contribution >= 0.6 is 0 Å². The van der Waals surface area contributed by atoms with Crippen LogP contribution in [0.25, 0.3) is 0 Å². The molecule has 40 heavy (non-hydrogen) atoms. The highest BCUT2D eigenvalue weighted by Gasteiger charge is 2.55. The van der Waals surface area contributed by atoms with Crippen LogP contribution in [-0.2, 0) is 42.1 Å². The first-order valence-electron chi connectivity index (χ1n) is 12.6. The number of benzene rings is 2. The summed E-state index contributed by atoms with van der Waals surface area (Å²) in [5.74, 6) is -2.93. The maximum absolute atomic E-state index is 12.9. The molecule has 1 aliphatic heterocycles. The van der Waals surface area contributed by atoms with Gasteiger partial charge in [0.2, 0.25) is 17.8 Å². The van der Waals surface area contributed by atoms with Crippen molar-refractivity contribution >= 4 is 39.8 Å². The molecular weight excluding hydrogens is 540 g/mol. The van der Waals surface area contributed by atoms with E-state index in [0.717, 1.165) is 22.3 Å². The second kappa shape index (κ2) is 13.7. The van der Waals surface area contributed by atoms with Crippen molar-refractivity contribution in [3.63, 3.8) is 0 Å². The molecule has 2 N–H and O–H groups in total. The maximum Gasteiger partial charge on any atom is 0.437 e. The minimum atomic E-state index is -3.74. The zero-order valence-electron chi connectivity index (χ0n) is 22.3. The molecule has 2 aromatic rings. The van der Waals surface area contributed by atoms with E-state index in [4.69, 9.17) is 15.2 Å². The summed E-state index contributed by atoms with van der Waals surface area (Å²) >= 11 is 0. The van der Waals surface area contributed by atoms with E-state index in [-0.39, 0.29) is 38.4 Å². The highest BCUT2D eigenvalue weighted by molar-refractivity contribution is 7.92. The van der Waals surface area contributed by atoms with Crippen molar-refractivity contribution in [1.82, 2.24) is 9.80 Å². The van der Waals surface area contributed by atoms with Gasteiger partial charge in [0.25, 0.3) is 0 Å². The van der Waals surface area contributed by atoms with Gasteiger partial charge in [-0.1, -0.05) is 67.6 Å². The van der Waals surface area contributed by atoms with Gasteiger partial charge < -0.3 is 15.2 Å². The summed E-state index contributed by atoms with van der Waals surface area (Å²) < 4.78 is 35.5. The van der Waals surface area contributed by atoms with Crippen LogP contribution in [0.5, 0.6) is 0 Å². The van der Waals surface area contributed by atoms with E-state index in [1.807, 2.05) is 12.1 Å². The number of sulfone groups is 1. The molecule has 13 heteroatoms. The number of carbonyl (C=O) groups is 4. The molecule has 0 bridgehead atoms. The fraction of sp³-hybridized carbons (Fsp3) is 0.370. The Morgan fingerprint density at radius 1 is 0.975 bits per heavy atom. The van der Waals surface area contributed by atoms with Crippen LogP contribution in [0.15, 0.2) is 65.7 Å². The Balaban J connectivity index is 1.69. The third kappa shape index (κ3) is 7.65. The number of imide groups is 1. The third-order valence-corrected chi connectivity index (χ3v) is 8.35. The molecule has 1 heterocycles. The van der Waals surface area contributed by atoms with Crippen LogP contribution < -0.4 is 5.73 Å². The number of amides is 4. The van der Waals surface area contributed by atoms with Gasteiger partial charge in [0.05, 0.1) is 5.92 Å². The summed E-state index contributed by atoms with van der Waals surface area (Å²) in [7, 11) is -3.74. The summed E-state index contributed by atoms with van der Waals surface area (Å²) in [6.45, 7) is 2.29. The predicted octanol–water partition coefficient (Wildman–Crippen LogP) is 2.82. The number of β-lactam (4-membered cyclic amide) rings is 1. The fourth-order valence-electron chi connectivity index (χ4n) is 4.18. The quantitative estimate of drug-likeness (QED) is 0.256. The topological polar surface area (TPSA) is 166 Å². The summed E-state index contributed by atoms with van der Waals surface area (Å²) in [5.41, 5.74) is 7.43. The molecule has 0 radical (unpaired) electrons. The van der Waals surface area contributed by atoms with E-state index in [1.165, 1.54) is 6.92 Å². The van der Waals surface area contributed by atoms with Crippen molar-refractivity contribution in [1.29, 1.82) is 0 Å². The van der Waals surface area contributed by atoms with Crippen LogP contribution in [0.3, 0.4) is 0 Å². The Bertz CT molecular complexity index is 1350. The number of hydrogen-bond donors (Lipinski definition) is 1. The molecular formula is C27H32N4O8S. The molecule has 0 spiro atoms. The van der Waals surface area contributed by atoms with Gasteiger partial charge in [-0.25, -0.2) is 22.9 Å². The van der Waals surface area contributed by atoms with E-state index in [0.29, 0.717) is 5.56 Å². The predicted molar refractivity (Wildman–Crippen MR) is 145 cm³/mol. The Morgan fingerprint density at radius 3 is 2.05 bits per heavy atom. The van der Waals surface area contributed by atoms with Crippen LogP contribution in [0, 0.1) is 5.92 Å². The SMILES string of the molecule is CCS(=O)(=O)[C@H]1[C@H](CCCN(C(=O)OCc2ccccc2)C(N)=NC(=O)OCc2ccccc2)C(=O)N1C(C)=O. The maximum atomic E-state index is 12.9. The lowest BCUT2D eigenvalue weighted by molar-refractivity contribution is -0.160. The smallest absolute Gasteiger partial charge is 0.437 e. The molecule has 1 saturated heterocycles. The van der Waals surface area contributed by atoms with Crippen LogP contribution in [0.4, 0.5) is 9.59 Å². The highest BCUT2D eigenvalue weighted by Crippen LogP contribution is 2.35. The van der Waals surface area contributed by atoms with Gasteiger partial charge in [-0.2, -0.15) is 0 Å². The summed E-state index contributed by atoms with van der Waals surface area (Å²) in [4.78, 5) is 54.9. The van der Waals surface area contributed by atoms with Crippen LogP contribution in [0.2, 0.25) is 0 Å². The number of ether oxygens (including phenoxy) is 2. The molecule has 2 aromatic carbocycles. The van der Waals surface area contributed by atoms with Crippen molar-refractivity contribution < 1.29 is 37.1 Å². The molecule has 2 atom stereocenters. The lowest BCUT2D eigenvalue weighted by atomic mass is 9.92. The summed E-state index contributed by atoms with van der Waals surface area (Å²) in [6.07, 6.45) is -1.78. The number of nitrogens with two attached hydrogens (primary N) is 1. The van der Waals surface area contributed by atoms with Gasteiger partial charge >= 0.3 is 12.2 Å². The van der Waals surface area contributed by atoms with E-state index in [2.05, 4.69) is 4.99 Å². The molecule has 1 fully saturated rings. The minimum absolute atomic E-state index is 0.0424. The normalized spacial score (nSPS) is 17.1. The summed E-state index contributed by atoms with van der Waals surface area (Å²) in [6, 6.07) is 17.8. The van der Waals surface area contributed by atoms with Gasteiger partial charge in [-0.3, -0.25) is 14.5 Å². The fourth-order valence-corrected chi connectivity index (χ4v) is 5.85. The van der Waals surface area contributed by atoms with Crippen molar-refractivity contribution in [2.75, 3.05) is 12.3 Å². The lowest BCUT2D eigenvalue weighted by Crippen LogP contribution is -2.65. The van der Waals surface area contributed by atoms with E-state index < -0.39 is 51.1 Å². The largest absolute Gasteiger partial charge is 0.444 e. The molecule has 214 valence electrons.